The van der Waals surface area contributed by atoms with Gasteiger partial charge in [-0.15, -0.1) is 0 Å². The number of rotatable bonds is 4. The van der Waals surface area contributed by atoms with E-state index < -0.39 is 6.09 Å². The molecule has 0 aromatic heterocycles. The summed E-state index contributed by atoms with van der Waals surface area (Å²) in [5.41, 5.74) is 0.461. The summed E-state index contributed by atoms with van der Waals surface area (Å²) in [4.78, 5) is 18.3. The molecule has 0 saturated carbocycles. The maximum atomic E-state index is 12.7. The van der Waals surface area contributed by atoms with Crippen molar-refractivity contribution in [1.82, 2.24) is 4.90 Å². The fourth-order valence-electron chi connectivity index (χ4n) is 2.05. The van der Waals surface area contributed by atoms with E-state index >= 15 is 0 Å². The number of halogens is 1. The summed E-state index contributed by atoms with van der Waals surface area (Å²) in [6.45, 7) is 2.81. The van der Waals surface area contributed by atoms with Gasteiger partial charge in [0, 0.05) is 12.2 Å². The summed E-state index contributed by atoms with van der Waals surface area (Å²) in [6, 6.07) is 5.42. The molecule has 0 bridgehead atoms. The quantitative estimate of drug-likeness (QED) is 0.524. The zero-order valence-electron chi connectivity index (χ0n) is 11.2. The number of oxime groups is 1. The van der Waals surface area contributed by atoms with Gasteiger partial charge in [0.2, 0.25) is 0 Å². The number of hydrogen-bond acceptors (Lipinski definition) is 4. The molecular weight excluding hydrogens is 261 g/mol. The van der Waals surface area contributed by atoms with Crippen molar-refractivity contribution in [3.05, 3.63) is 30.1 Å². The number of carbonyl (C=O) groups excluding carboxylic acids is 1. The second-order valence-electron chi connectivity index (χ2n) is 4.66. The molecule has 1 aliphatic rings. The van der Waals surface area contributed by atoms with E-state index in [4.69, 9.17) is 0 Å². The number of carbonyl (C=O) groups is 1. The van der Waals surface area contributed by atoms with Crippen molar-refractivity contribution in [3.8, 4) is 0 Å². The normalized spacial score (nSPS) is 16.2. The van der Waals surface area contributed by atoms with Gasteiger partial charge in [0.25, 0.3) is 0 Å². The van der Waals surface area contributed by atoms with E-state index in [-0.39, 0.29) is 5.82 Å². The third kappa shape index (κ3) is 4.97. The van der Waals surface area contributed by atoms with Crippen LogP contribution in [-0.4, -0.2) is 36.8 Å². The van der Waals surface area contributed by atoms with E-state index in [0.29, 0.717) is 12.2 Å². The standard InChI is InChI=1S/C14H18FN3O2/c15-12-4-6-13(7-5-12)17-14(19)20-16-8-11-18-9-2-1-3-10-18/h4-8H,1-3,9-11H2,(H,17,19). The van der Waals surface area contributed by atoms with Crippen molar-refractivity contribution in [3.63, 3.8) is 0 Å². The third-order valence-electron chi connectivity index (χ3n) is 3.09. The first-order chi connectivity index (χ1) is 9.74. The lowest BCUT2D eigenvalue weighted by molar-refractivity contribution is 0.166. The summed E-state index contributed by atoms with van der Waals surface area (Å²) in [7, 11) is 0. The Balaban J connectivity index is 1.67. The van der Waals surface area contributed by atoms with Crippen molar-refractivity contribution in [2.24, 2.45) is 5.16 Å². The Labute approximate surface area is 117 Å². The highest BCUT2D eigenvalue weighted by molar-refractivity contribution is 5.84. The summed E-state index contributed by atoms with van der Waals surface area (Å²) >= 11 is 0. The Morgan fingerprint density at radius 2 is 2.00 bits per heavy atom. The Kier molecular flexibility index (Phi) is 5.49. The molecule has 0 radical (unpaired) electrons. The van der Waals surface area contributed by atoms with Crippen LogP contribution in [0.2, 0.25) is 0 Å². The lowest BCUT2D eigenvalue weighted by Gasteiger charge is -2.24. The Morgan fingerprint density at radius 3 is 2.70 bits per heavy atom. The van der Waals surface area contributed by atoms with Crippen LogP contribution in [0, 0.1) is 5.82 Å². The fourth-order valence-corrected chi connectivity index (χ4v) is 2.05. The fraction of sp³-hybridized carbons (Fsp3) is 0.429. The highest BCUT2D eigenvalue weighted by Crippen LogP contribution is 2.09. The summed E-state index contributed by atoms with van der Waals surface area (Å²) in [5, 5.41) is 6.08. The van der Waals surface area contributed by atoms with Crippen molar-refractivity contribution >= 4 is 18.0 Å². The van der Waals surface area contributed by atoms with Gasteiger partial charge in [0.1, 0.15) is 5.82 Å². The molecule has 0 atom stereocenters. The van der Waals surface area contributed by atoms with E-state index in [1.807, 2.05) is 0 Å². The van der Waals surface area contributed by atoms with Crippen LogP contribution in [0.15, 0.2) is 29.4 Å². The van der Waals surface area contributed by atoms with Gasteiger partial charge >= 0.3 is 6.09 Å². The predicted molar refractivity (Wildman–Crippen MR) is 75.3 cm³/mol. The summed E-state index contributed by atoms with van der Waals surface area (Å²) < 4.78 is 12.7. The monoisotopic (exact) mass is 279 g/mol. The minimum Gasteiger partial charge on any atom is -0.298 e. The van der Waals surface area contributed by atoms with Crippen LogP contribution in [0.4, 0.5) is 14.9 Å². The molecule has 6 heteroatoms. The lowest BCUT2D eigenvalue weighted by Crippen LogP contribution is -2.31. The number of hydrogen-bond donors (Lipinski definition) is 1. The van der Waals surface area contributed by atoms with E-state index in [0.717, 1.165) is 13.1 Å². The molecule has 20 heavy (non-hydrogen) atoms. The second-order valence-corrected chi connectivity index (χ2v) is 4.66. The molecule has 1 aromatic carbocycles. The van der Waals surface area contributed by atoms with Crippen molar-refractivity contribution < 1.29 is 14.0 Å². The van der Waals surface area contributed by atoms with E-state index in [9.17, 15) is 9.18 Å². The Hall–Kier alpha value is -1.95. The smallest absolute Gasteiger partial charge is 0.298 e. The zero-order chi connectivity index (χ0) is 14.2. The van der Waals surface area contributed by atoms with Gasteiger partial charge in [0.15, 0.2) is 0 Å². The molecular formula is C14H18FN3O2. The van der Waals surface area contributed by atoms with Gasteiger partial charge in [-0.25, -0.2) is 9.18 Å². The minimum atomic E-state index is -0.688. The van der Waals surface area contributed by atoms with E-state index in [2.05, 4.69) is 20.2 Å². The van der Waals surface area contributed by atoms with Gasteiger partial charge in [-0.05, 0) is 50.2 Å². The lowest BCUT2D eigenvalue weighted by atomic mass is 10.1. The number of nitrogens with one attached hydrogen (secondary N) is 1. The van der Waals surface area contributed by atoms with Crippen LogP contribution in [0.25, 0.3) is 0 Å². The molecule has 0 unspecified atom stereocenters. The number of benzene rings is 1. The Bertz CT molecular complexity index is 456. The maximum Gasteiger partial charge on any atom is 0.437 e. The first kappa shape index (κ1) is 14.5. The number of amides is 1. The zero-order valence-corrected chi connectivity index (χ0v) is 11.2. The number of nitrogens with zero attached hydrogens (tertiary/aromatic N) is 2. The van der Waals surface area contributed by atoms with Gasteiger partial charge < -0.3 is 0 Å². The van der Waals surface area contributed by atoms with Crippen molar-refractivity contribution in [2.75, 3.05) is 25.0 Å². The molecule has 1 fully saturated rings. The van der Waals surface area contributed by atoms with Crippen LogP contribution < -0.4 is 5.32 Å². The average Bonchev–Trinajstić information content (AvgIpc) is 2.47. The first-order valence-electron chi connectivity index (χ1n) is 6.72. The predicted octanol–water partition coefficient (Wildman–Crippen LogP) is 2.85. The topological polar surface area (TPSA) is 53.9 Å². The minimum absolute atomic E-state index is 0.358. The van der Waals surface area contributed by atoms with Crippen LogP contribution in [-0.2, 0) is 4.84 Å². The average molecular weight is 279 g/mol. The van der Waals surface area contributed by atoms with Crippen LogP contribution in [0.3, 0.4) is 0 Å². The van der Waals surface area contributed by atoms with Gasteiger partial charge in [-0.3, -0.25) is 15.1 Å². The van der Waals surface area contributed by atoms with Gasteiger partial charge in [0.05, 0.1) is 6.21 Å². The highest BCUT2D eigenvalue weighted by Gasteiger charge is 2.08. The molecule has 5 nitrogen and oxygen atoms in total. The van der Waals surface area contributed by atoms with E-state index in [1.54, 1.807) is 6.21 Å². The molecule has 108 valence electrons. The van der Waals surface area contributed by atoms with Crippen molar-refractivity contribution in [2.45, 2.75) is 19.3 Å². The first-order valence-corrected chi connectivity index (χ1v) is 6.72. The number of piperidine rings is 1. The molecule has 1 saturated heterocycles. The van der Waals surface area contributed by atoms with Gasteiger partial charge in [-0.1, -0.05) is 11.6 Å². The van der Waals surface area contributed by atoms with Crippen molar-refractivity contribution in [1.29, 1.82) is 0 Å². The van der Waals surface area contributed by atoms with Gasteiger partial charge in [-0.2, -0.15) is 0 Å². The summed E-state index contributed by atoms with van der Waals surface area (Å²) in [5.74, 6) is -0.358. The molecule has 2 rings (SSSR count). The van der Waals surface area contributed by atoms with Crippen LogP contribution >= 0.6 is 0 Å². The van der Waals surface area contributed by atoms with Crippen LogP contribution in [0.5, 0.6) is 0 Å². The second kappa shape index (κ2) is 7.59. The molecule has 1 amide bonds. The number of likely N-dealkylation sites (tertiary alicyclic amines) is 1. The molecule has 1 N–H and O–H groups in total. The Morgan fingerprint density at radius 1 is 1.30 bits per heavy atom. The molecule has 1 aliphatic heterocycles. The third-order valence-corrected chi connectivity index (χ3v) is 3.09. The largest absolute Gasteiger partial charge is 0.437 e. The van der Waals surface area contributed by atoms with Crippen LogP contribution in [0.1, 0.15) is 19.3 Å². The molecule has 1 heterocycles. The van der Waals surface area contributed by atoms with E-state index in [1.165, 1.54) is 43.5 Å². The SMILES string of the molecule is O=C(Nc1ccc(F)cc1)ON=CCN1CCCCC1. The summed E-state index contributed by atoms with van der Waals surface area (Å²) in [6.07, 6.45) is 4.59. The number of anilines is 1. The molecule has 0 aliphatic carbocycles. The maximum absolute atomic E-state index is 12.7. The highest BCUT2D eigenvalue weighted by atomic mass is 19.1. The molecule has 0 spiro atoms. The molecule has 1 aromatic rings.